The van der Waals surface area contributed by atoms with E-state index < -0.39 is 0 Å². The Balaban J connectivity index is 1.83. The highest BCUT2D eigenvalue weighted by atomic mass is 32.1. The van der Waals surface area contributed by atoms with Crippen LogP contribution in [0.2, 0.25) is 0 Å². The molecule has 0 spiro atoms. The van der Waals surface area contributed by atoms with Crippen LogP contribution in [0.25, 0.3) is 0 Å². The third-order valence-corrected chi connectivity index (χ3v) is 3.44. The van der Waals surface area contributed by atoms with Gasteiger partial charge in [0.25, 0.3) is 0 Å². The highest BCUT2D eigenvalue weighted by molar-refractivity contribution is 7.09. The van der Waals surface area contributed by atoms with Crippen LogP contribution in [0.5, 0.6) is 0 Å². The van der Waals surface area contributed by atoms with E-state index in [0.717, 1.165) is 35.7 Å². The van der Waals surface area contributed by atoms with Crippen LogP contribution in [0.1, 0.15) is 17.9 Å². The Morgan fingerprint density at radius 1 is 1.44 bits per heavy atom. The fourth-order valence-corrected chi connectivity index (χ4v) is 2.48. The van der Waals surface area contributed by atoms with Crippen molar-refractivity contribution in [2.75, 3.05) is 17.2 Å². The van der Waals surface area contributed by atoms with E-state index in [1.807, 2.05) is 24.3 Å². The minimum Gasteiger partial charge on any atom is -0.385 e. The highest BCUT2D eigenvalue weighted by Crippen LogP contribution is 2.32. The summed E-state index contributed by atoms with van der Waals surface area (Å²) in [4.78, 5) is 12.2. The molecule has 1 amide bonds. The lowest BCUT2D eigenvalue weighted by Crippen LogP contribution is -2.27. The molecule has 1 atom stereocenters. The first-order chi connectivity index (χ1) is 8.84. The molecule has 0 fully saturated rings. The van der Waals surface area contributed by atoms with E-state index in [9.17, 15) is 4.79 Å². The molecule has 0 saturated heterocycles. The van der Waals surface area contributed by atoms with Gasteiger partial charge in [0.2, 0.25) is 11.0 Å². The molecule has 18 heavy (non-hydrogen) atoms. The number of carbonyl (C=O) groups excluding carboxylic acids is 1. The molecule has 1 aliphatic rings. The number of fused-ring (bicyclic) bond motifs is 1. The van der Waals surface area contributed by atoms with Crippen LogP contribution >= 0.6 is 11.5 Å². The standard InChI is InChI=1S/C11H11N5OS/c17-10(13-11-14-15-16-18-11)8-5-6-12-9-4-2-1-3-7(8)9/h1-4,8,12H,5-6H2,(H,13,14,16,17). The predicted molar refractivity (Wildman–Crippen MR) is 68.6 cm³/mol. The third kappa shape index (κ3) is 2.04. The number of amides is 1. The van der Waals surface area contributed by atoms with Crippen LogP contribution in [0.4, 0.5) is 10.8 Å². The van der Waals surface area contributed by atoms with Crippen LogP contribution in [0.3, 0.4) is 0 Å². The van der Waals surface area contributed by atoms with Crippen molar-refractivity contribution < 1.29 is 4.79 Å². The van der Waals surface area contributed by atoms with Crippen LogP contribution in [0, 0.1) is 0 Å². The maximum absolute atomic E-state index is 12.2. The number of hydrogen-bond donors (Lipinski definition) is 2. The van der Waals surface area contributed by atoms with Gasteiger partial charge in [-0.25, -0.2) is 0 Å². The first-order valence-electron chi connectivity index (χ1n) is 5.63. The fourth-order valence-electron chi connectivity index (χ4n) is 2.12. The second kappa shape index (κ2) is 4.69. The van der Waals surface area contributed by atoms with Gasteiger partial charge < -0.3 is 5.32 Å². The molecular formula is C11H11N5OS. The van der Waals surface area contributed by atoms with Crippen molar-refractivity contribution >= 4 is 28.3 Å². The van der Waals surface area contributed by atoms with Crippen molar-refractivity contribution in [3.05, 3.63) is 29.8 Å². The molecule has 6 nitrogen and oxygen atoms in total. The molecule has 0 bridgehead atoms. The average molecular weight is 261 g/mol. The number of hydrogen-bond acceptors (Lipinski definition) is 6. The smallest absolute Gasteiger partial charge is 0.233 e. The number of anilines is 2. The maximum atomic E-state index is 12.2. The molecule has 1 aromatic heterocycles. The molecule has 92 valence electrons. The monoisotopic (exact) mass is 261 g/mol. The van der Waals surface area contributed by atoms with Crippen molar-refractivity contribution in [2.24, 2.45) is 0 Å². The zero-order chi connectivity index (χ0) is 12.4. The van der Waals surface area contributed by atoms with Gasteiger partial charge in [0.05, 0.1) is 5.92 Å². The zero-order valence-corrected chi connectivity index (χ0v) is 10.3. The Bertz CT molecular complexity index is 556. The first kappa shape index (κ1) is 11.1. The van der Waals surface area contributed by atoms with Gasteiger partial charge >= 0.3 is 0 Å². The highest BCUT2D eigenvalue weighted by Gasteiger charge is 2.26. The Kier molecular flexibility index (Phi) is 2.89. The summed E-state index contributed by atoms with van der Waals surface area (Å²) in [5, 5.41) is 13.7. The van der Waals surface area contributed by atoms with Gasteiger partial charge in [0.1, 0.15) is 0 Å². The summed E-state index contributed by atoms with van der Waals surface area (Å²) in [6.45, 7) is 0.795. The molecule has 2 N–H and O–H groups in total. The average Bonchev–Trinajstić information content (AvgIpc) is 2.91. The second-order valence-corrected chi connectivity index (χ2v) is 4.74. The number of benzene rings is 1. The van der Waals surface area contributed by atoms with Crippen molar-refractivity contribution in [1.82, 2.24) is 14.8 Å². The number of para-hydroxylation sites is 1. The minimum atomic E-state index is -0.147. The Labute approximate surface area is 108 Å². The zero-order valence-electron chi connectivity index (χ0n) is 9.46. The van der Waals surface area contributed by atoms with Crippen molar-refractivity contribution in [3.8, 4) is 0 Å². The summed E-state index contributed by atoms with van der Waals surface area (Å²) < 4.78 is 3.62. The summed E-state index contributed by atoms with van der Waals surface area (Å²) in [6, 6.07) is 7.87. The summed E-state index contributed by atoms with van der Waals surface area (Å²) in [7, 11) is 0. The topological polar surface area (TPSA) is 79.8 Å². The summed E-state index contributed by atoms with van der Waals surface area (Å²) >= 11 is 1.08. The number of nitrogens with zero attached hydrogens (tertiary/aromatic N) is 3. The lowest BCUT2D eigenvalue weighted by atomic mass is 9.90. The van der Waals surface area contributed by atoms with E-state index in [4.69, 9.17) is 0 Å². The van der Waals surface area contributed by atoms with Gasteiger partial charge in [0, 0.05) is 23.8 Å². The largest absolute Gasteiger partial charge is 0.385 e. The van der Waals surface area contributed by atoms with E-state index in [-0.39, 0.29) is 11.8 Å². The predicted octanol–water partition coefficient (Wildman–Crippen LogP) is 1.47. The van der Waals surface area contributed by atoms with Crippen LogP contribution < -0.4 is 10.6 Å². The van der Waals surface area contributed by atoms with E-state index in [1.54, 1.807) is 0 Å². The van der Waals surface area contributed by atoms with E-state index in [0.29, 0.717) is 5.13 Å². The van der Waals surface area contributed by atoms with Gasteiger partial charge in [0.15, 0.2) is 0 Å². The molecule has 0 aliphatic carbocycles. The number of aromatic nitrogens is 3. The lowest BCUT2D eigenvalue weighted by molar-refractivity contribution is -0.117. The first-order valence-corrected chi connectivity index (χ1v) is 6.40. The molecule has 1 aliphatic heterocycles. The van der Waals surface area contributed by atoms with Crippen molar-refractivity contribution in [1.29, 1.82) is 0 Å². The van der Waals surface area contributed by atoms with Gasteiger partial charge in [-0.3, -0.25) is 10.1 Å². The van der Waals surface area contributed by atoms with E-state index >= 15 is 0 Å². The summed E-state index contributed by atoms with van der Waals surface area (Å²) in [6.07, 6.45) is 0.773. The SMILES string of the molecule is O=C(Nc1nnns1)C1CCNc2ccccc21. The maximum Gasteiger partial charge on any atom is 0.233 e. The lowest BCUT2D eigenvalue weighted by Gasteiger charge is -2.25. The Hall–Kier alpha value is -2.02. The second-order valence-electron chi connectivity index (χ2n) is 4.01. The van der Waals surface area contributed by atoms with Gasteiger partial charge in [-0.15, -0.1) is 0 Å². The normalized spacial score (nSPS) is 17.7. The Morgan fingerprint density at radius 3 is 3.17 bits per heavy atom. The van der Waals surface area contributed by atoms with E-state index in [1.165, 1.54) is 0 Å². The Morgan fingerprint density at radius 2 is 2.33 bits per heavy atom. The van der Waals surface area contributed by atoms with Crippen molar-refractivity contribution in [3.63, 3.8) is 0 Å². The molecule has 2 aromatic rings. The van der Waals surface area contributed by atoms with Crippen molar-refractivity contribution in [2.45, 2.75) is 12.3 Å². The number of nitrogens with one attached hydrogen (secondary N) is 2. The van der Waals surface area contributed by atoms with Crippen LogP contribution in [0.15, 0.2) is 24.3 Å². The molecule has 1 aromatic carbocycles. The molecular weight excluding hydrogens is 250 g/mol. The molecule has 3 rings (SSSR count). The minimum absolute atomic E-state index is 0.0532. The third-order valence-electron chi connectivity index (χ3n) is 2.93. The van der Waals surface area contributed by atoms with Gasteiger partial charge in [-0.05, 0) is 23.3 Å². The molecule has 1 unspecified atom stereocenters. The molecule has 0 radical (unpaired) electrons. The summed E-state index contributed by atoms with van der Waals surface area (Å²) in [5.74, 6) is -0.200. The van der Waals surface area contributed by atoms with Gasteiger partial charge in [-0.2, -0.15) is 0 Å². The number of carbonyl (C=O) groups is 1. The molecule has 0 saturated carbocycles. The quantitative estimate of drug-likeness (QED) is 0.855. The fraction of sp³-hybridized carbons (Fsp3) is 0.273. The van der Waals surface area contributed by atoms with Crippen LogP contribution in [-0.4, -0.2) is 27.3 Å². The summed E-state index contributed by atoms with van der Waals surface area (Å²) in [5.41, 5.74) is 2.05. The van der Waals surface area contributed by atoms with E-state index in [2.05, 4.69) is 25.4 Å². The molecule has 7 heteroatoms. The molecule has 2 heterocycles. The number of rotatable bonds is 2. The van der Waals surface area contributed by atoms with Crippen LogP contribution in [-0.2, 0) is 4.79 Å². The van der Waals surface area contributed by atoms with Gasteiger partial charge in [-0.1, -0.05) is 27.8 Å².